The molecule has 1 aromatic heterocycles. The van der Waals surface area contributed by atoms with E-state index in [9.17, 15) is 9.59 Å². The molecule has 7 heteroatoms. The van der Waals surface area contributed by atoms with Crippen molar-refractivity contribution in [1.29, 1.82) is 0 Å². The number of carbonyl (C=O) groups excluding carboxylic acids is 2. The first-order valence-corrected chi connectivity index (χ1v) is 6.12. The van der Waals surface area contributed by atoms with E-state index in [1.54, 1.807) is 14.1 Å². The summed E-state index contributed by atoms with van der Waals surface area (Å²) in [6.07, 6.45) is 1.42. The van der Waals surface area contributed by atoms with Crippen molar-refractivity contribution in [2.75, 3.05) is 25.9 Å². The SMILES string of the molecule is CC(C)CNC(=O)CN(C)C(=O)c1c(N)cnn1C. The van der Waals surface area contributed by atoms with E-state index in [-0.39, 0.29) is 18.4 Å². The minimum atomic E-state index is -0.322. The maximum atomic E-state index is 12.1. The summed E-state index contributed by atoms with van der Waals surface area (Å²) >= 11 is 0. The highest BCUT2D eigenvalue weighted by atomic mass is 16.2. The van der Waals surface area contributed by atoms with Crippen molar-refractivity contribution >= 4 is 17.5 Å². The molecule has 0 saturated carbocycles. The molecule has 0 fully saturated rings. The fourth-order valence-electron chi connectivity index (χ4n) is 1.56. The third-order valence-electron chi connectivity index (χ3n) is 2.60. The lowest BCUT2D eigenvalue weighted by atomic mass is 10.2. The number of nitrogen functional groups attached to an aromatic ring is 1. The third kappa shape index (κ3) is 3.97. The van der Waals surface area contributed by atoms with Gasteiger partial charge in [-0.15, -0.1) is 0 Å². The van der Waals surface area contributed by atoms with Gasteiger partial charge in [-0.2, -0.15) is 5.10 Å². The zero-order valence-electron chi connectivity index (χ0n) is 11.8. The number of aryl methyl sites for hydroxylation is 1. The van der Waals surface area contributed by atoms with Gasteiger partial charge in [0.1, 0.15) is 5.69 Å². The molecule has 0 saturated heterocycles. The van der Waals surface area contributed by atoms with Crippen molar-refractivity contribution in [2.45, 2.75) is 13.8 Å². The van der Waals surface area contributed by atoms with Crippen LogP contribution in [0.25, 0.3) is 0 Å². The molecule has 0 atom stereocenters. The zero-order chi connectivity index (χ0) is 14.6. The lowest BCUT2D eigenvalue weighted by Crippen LogP contribution is -2.40. The highest BCUT2D eigenvalue weighted by Crippen LogP contribution is 2.11. The lowest BCUT2D eigenvalue weighted by molar-refractivity contribution is -0.121. The smallest absolute Gasteiger partial charge is 0.274 e. The van der Waals surface area contributed by atoms with Crippen molar-refractivity contribution in [3.05, 3.63) is 11.9 Å². The summed E-state index contributed by atoms with van der Waals surface area (Å²) < 4.78 is 1.40. The Labute approximate surface area is 112 Å². The van der Waals surface area contributed by atoms with Gasteiger partial charge in [-0.25, -0.2) is 0 Å². The zero-order valence-corrected chi connectivity index (χ0v) is 11.8. The van der Waals surface area contributed by atoms with Crippen LogP contribution in [0.15, 0.2) is 6.20 Å². The van der Waals surface area contributed by atoms with Crippen molar-refractivity contribution in [3.63, 3.8) is 0 Å². The number of likely N-dealkylation sites (N-methyl/N-ethyl adjacent to an activating group) is 1. The molecule has 19 heavy (non-hydrogen) atoms. The van der Waals surface area contributed by atoms with Crippen LogP contribution >= 0.6 is 0 Å². The second-order valence-corrected chi connectivity index (χ2v) is 4.93. The summed E-state index contributed by atoms with van der Waals surface area (Å²) in [4.78, 5) is 25.1. The van der Waals surface area contributed by atoms with Crippen molar-refractivity contribution in [1.82, 2.24) is 20.0 Å². The van der Waals surface area contributed by atoms with Crippen LogP contribution in [0.5, 0.6) is 0 Å². The number of amides is 2. The summed E-state index contributed by atoms with van der Waals surface area (Å²) in [6, 6.07) is 0. The number of rotatable bonds is 5. The molecule has 0 aliphatic carbocycles. The van der Waals surface area contributed by atoms with Crippen LogP contribution in [0.1, 0.15) is 24.3 Å². The van der Waals surface area contributed by atoms with Gasteiger partial charge in [0.05, 0.1) is 18.4 Å². The molecular weight excluding hydrogens is 246 g/mol. The molecule has 0 spiro atoms. The number of anilines is 1. The maximum Gasteiger partial charge on any atom is 0.274 e. The highest BCUT2D eigenvalue weighted by Gasteiger charge is 2.20. The first-order chi connectivity index (χ1) is 8.82. The van der Waals surface area contributed by atoms with Crippen molar-refractivity contribution in [3.8, 4) is 0 Å². The Morgan fingerprint density at radius 3 is 2.63 bits per heavy atom. The Kier molecular flexibility index (Phi) is 4.91. The van der Waals surface area contributed by atoms with Crippen molar-refractivity contribution in [2.24, 2.45) is 13.0 Å². The minimum Gasteiger partial charge on any atom is -0.396 e. The average molecular weight is 267 g/mol. The van der Waals surface area contributed by atoms with Crippen LogP contribution in [0.4, 0.5) is 5.69 Å². The second-order valence-electron chi connectivity index (χ2n) is 4.93. The van der Waals surface area contributed by atoms with Crippen LogP contribution in [0, 0.1) is 5.92 Å². The third-order valence-corrected chi connectivity index (χ3v) is 2.60. The summed E-state index contributed by atoms with van der Waals surface area (Å²) in [5, 5.41) is 6.66. The second kappa shape index (κ2) is 6.21. The Morgan fingerprint density at radius 1 is 1.53 bits per heavy atom. The first kappa shape index (κ1) is 15.0. The van der Waals surface area contributed by atoms with Crippen LogP contribution in [-0.4, -0.2) is 46.6 Å². The highest BCUT2D eigenvalue weighted by molar-refractivity contribution is 5.98. The van der Waals surface area contributed by atoms with E-state index in [1.165, 1.54) is 15.8 Å². The lowest BCUT2D eigenvalue weighted by Gasteiger charge is -2.17. The standard InChI is InChI=1S/C12H21N5O2/c1-8(2)5-14-10(18)7-16(3)12(19)11-9(13)6-15-17(11)4/h6,8H,5,7,13H2,1-4H3,(H,14,18). The molecular formula is C12H21N5O2. The number of hydrogen-bond acceptors (Lipinski definition) is 4. The number of nitrogens with two attached hydrogens (primary N) is 1. The Morgan fingerprint density at radius 2 is 2.16 bits per heavy atom. The van der Waals surface area contributed by atoms with Gasteiger partial charge in [-0.3, -0.25) is 14.3 Å². The van der Waals surface area contributed by atoms with Gasteiger partial charge in [0.25, 0.3) is 5.91 Å². The topological polar surface area (TPSA) is 93.2 Å². The molecule has 0 aliphatic rings. The van der Waals surface area contributed by atoms with Gasteiger partial charge >= 0.3 is 0 Å². The van der Waals surface area contributed by atoms with Gasteiger partial charge < -0.3 is 16.0 Å². The van der Waals surface area contributed by atoms with Gasteiger partial charge in [-0.05, 0) is 5.92 Å². The molecule has 1 heterocycles. The maximum absolute atomic E-state index is 12.1. The van der Waals surface area contributed by atoms with Gasteiger partial charge in [0.15, 0.2) is 0 Å². The van der Waals surface area contributed by atoms with E-state index in [4.69, 9.17) is 5.73 Å². The van der Waals surface area contributed by atoms with E-state index < -0.39 is 0 Å². The Balaban J connectivity index is 2.61. The van der Waals surface area contributed by atoms with Gasteiger partial charge in [0.2, 0.25) is 5.91 Å². The molecule has 7 nitrogen and oxygen atoms in total. The molecule has 0 radical (unpaired) electrons. The molecule has 1 rings (SSSR count). The van der Waals surface area contributed by atoms with Crippen LogP contribution in [0.2, 0.25) is 0 Å². The number of carbonyl (C=O) groups is 2. The monoisotopic (exact) mass is 267 g/mol. The largest absolute Gasteiger partial charge is 0.396 e. The summed E-state index contributed by atoms with van der Waals surface area (Å²) in [6.45, 7) is 4.60. The first-order valence-electron chi connectivity index (χ1n) is 6.12. The molecule has 0 bridgehead atoms. The van der Waals surface area contributed by atoms with E-state index in [1.807, 2.05) is 13.8 Å². The molecule has 2 amide bonds. The molecule has 3 N–H and O–H groups in total. The predicted molar refractivity (Wildman–Crippen MR) is 72.4 cm³/mol. The predicted octanol–water partition coefficient (Wildman–Crippen LogP) is -0.153. The fraction of sp³-hybridized carbons (Fsp3) is 0.583. The number of hydrogen-bond donors (Lipinski definition) is 2. The fourth-order valence-corrected chi connectivity index (χ4v) is 1.56. The van der Waals surface area contributed by atoms with E-state index in [0.717, 1.165) is 0 Å². The number of aromatic nitrogens is 2. The summed E-state index contributed by atoms with van der Waals surface area (Å²) in [7, 11) is 3.19. The molecule has 1 aromatic rings. The molecule has 106 valence electrons. The molecule has 0 aliphatic heterocycles. The van der Waals surface area contributed by atoms with Gasteiger partial charge in [-0.1, -0.05) is 13.8 Å². The molecule has 0 aromatic carbocycles. The number of nitrogens with zero attached hydrogens (tertiary/aromatic N) is 3. The minimum absolute atomic E-state index is 0.00380. The van der Waals surface area contributed by atoms with Crippen LogP contribution < -0.4 is 11.1 Å². The van der Waals surface area contributed by atoms with Crippen molar-refractivity contribution < 1.29 is 9.59 Å². The van der Waals surface area contributed by atoms with Crippen LogP contribution in [0.3, 0.4) is 0 Å². The average Bonchev–Trinajstić information content (AvgIpc) is 2.65. The summed E-state index contributed by atoms with van der Waals surface area (Å²) in [5.41, 5.74) is 6.28. The van der Waals surface area contributed by atoms with E-state index in [0.29, 0.717) is 23.8 Å². The Bertz CT molecular complexity index is 447. The van der Waals surface area contributed by atoms with Crippen LogP contribution in [-0.2, 0) is 11.8 Å². The summed E-state index contributed by atoms with van der Waals surface area (Å²) in [5.74, 6) is -0.139. The van der Waals surface area contributed by atoms with Gasteiger partial charge in [0, 0.05) is 20.6 Å². The number of nitrogens with one attached hydrogen (secondary N) is 1. The van der Waals surface area contributed by atoms with E-state index >= 15 is 0 Å². The quantitative estimate of drug-likeness (QED) is 0.775. The Hall–Kier alpha value is -2.05. The van der Waals surface area contributed by atoms with E-state index in [2.05, 4.69) is 10.4 Å². The molecule has 0 unspecified atom stereocenters. The normalized spacial score (nSPS) is 10.6.